The highest BCUT2D eigenvalue weighted by molar-refractivity contribution is 7.12. The molecule has 0 aromatic carbocycles. The molecule has 1 amide bonds. The van der Waals surface area contributed by atoms with Gasteiger partial charge >= 0.3 is 0 Å². The maximum Gasteiger partial charge on any atom is 0.268 e. The molecule has 0 bridgehead atoms. The van der Waals surface area contributed by atoms with E-state index in [1.807, 2.05) is 6.07 Å². The Kier molecular flexibility index (Phi) is 2.74. The molecule has 19 heavy (non-hydrogen) atoms. The van der Waals surface area contributed by atoms with Gasteiger partial charge in [0.05, 0.1) is 4.88 Å². The summed E-state index contributed by atoms with van der Waals surface area (Å²) in [5.74, 6) is -0.167. The van der Waals surface area contributed by atoms with Gasteiger partial charge in [0.15, 0.2) is 5.58 Å². The lowest BCUT2D eigenvalue weighted by molar-refractivity contribution is 0.102. The van der Waals surface area contributed by atoms with Crippen LogP contribution in [0.3, 0.4) is 0 Å². The number of thiophene rings is 1. The number of anilines is 1. The van der Waals surface area contributed by atoms with Gasteiger partial charge in [0.25, 0.3) is 5.91 Å². The third-order valence-corrected chi connectivity index (χ3v) is 3.40. The number of furan rings is 1. The molecule has 5 nitrogen and oxygen atoms in total. The lowest BCUT2D eigenvalue weighted by Crippen LogP contribution is -2.10. The van der Waals surface area contributed by atoms with Crippen LogP contribution in [0.5, 0.6) is 0 Å². The maximum absolute atomic E-state index is 11.9. The lowest BCUT2D eigenvalue weighted by Gasteiger charge is -1.98. The highest BCUT2D eigenvalue weighted by atomic mass is 32.1. The summed E-state index contributed by atoms with van der Waals surface area (Å²) in [6, 6.07) is 8.89. The predicted molar refractivity (Wildman–Crippen MR) is 71.0 cm³/mol. The van der Waals surface area contributed by atoms with Gasteiger partial charge in [-0.2, -0.15) is 5.26 Å². The minimum atomic E-state index is -0.300. The molecule has 3 heterocycles. The Morgan fingerprint density at radius 2 is 2.32 bits per heavy atom. The first-order chi connectivity index (χ1) is 9.29. The van der Waals surface area contributed by atoms with Gasteiger partial charge in [0.2, 0.25) is 5.88 Å². The minimum absolute atomic E-state index is 0.134. The standard InChI is InChI=1S/C13H7N3O2S/c14-7-8-11-9(3-1-5-15-11)18-13(8)16-12(17)10-4-2-6-19-10/h1-6H,(H,16,17). The predicted octanol–water partition coefficient (Wildman–Crippen LogP) is 3.01. The van der Waals surface area contributed by atoms with Gasteiger partial charge in [-0.3, -0.25) is 15.1 Å². The molecule has 0 unspecified atom stereocenters. The number of aromatic nitrogens is 1. The molecule has 1 N–H and O–H groups in total. The molecule has 0 aliphatic carbocycles. The largest absolute Gasteiger partial charge is 0.437 e. The summed E-state index contributed by atoms with van der Waals surface area (Å²) >= 11 is 1.32. The fraction of sp³-hybridized carbons (Fsp3) is 0. The number of carbonyl (C=O) groups excluding carboxylic acids is 1. The number of fused-ring (bicyclic) bond motifs is 1. The van der Waals surface area contributed by atoms with Gasteiger partial charge < -0.3 is 4.42 Å². The minimum Gasteiger partial charge on any atom is -0.437 e. The summed E-state index contributed by atoms with van der Waals surface area (Å²) in [7, 11) is 0. The summed E-state index contributed by atoms with van der Waals surface area (Å²) in [5, 5.41) is 13.6. The summed E-state index contributed by atoms with van der Waals surface area (Å²) in [4.78, 5) is 16.6. The zero-order valence-electron chi connectivity index (χ0n) is 9.58. The Morgan fingerprint density at radius 1 is 1.42 bits per heavy atom. The number of pyridine rings is 1. The van der Waals surface area contributed by atoms with E-state index in [1.54, 1.807) is 35.8 Å². The first kappa shape index (κ1) is 11.4. The molecule has 92 valence electrons. The van der Waals surface area contributed by atoms with E-state index < -0.39 is 0 Å². The van der Waals surface area contributed by atoms with E-state index in [0.29, 0.717) is 16.0 Å². The van der Waals surface area contributed by atoms with Crippen molar-refractivity contribution in [3.05, 3.63) is 46.3 Å². The van der Waals surface area contributed by atoms with Crippen molar-refractivity contribution in [2.24, 2.45) is 0 Å². The maximum atomic E-state index is 11.9. The molecule has 0 atom stereocenters. The van der Waals surface area contributed by atoms with E-state index in [9.17, 15) is 4.79 Å². The zero-order chi connectivity index (χ0) is 13.2. The molecule has 3 aromatic rings. The molecule has 0 fully saturated rings. The van der Waals surface area contributed by atoms with Crippen LogP contribution in [0.2, 0.25) is 0 Å². The molecule has 0 radical (unpaired) electrons. The van der Waals surface area contributed by atoms with Gasteiger partial charge in [-0.25, -0.2) is 0 Å². The van der Waals surface area contributed by atoms with Crippen molar-refractivity contribution < 1.29 is 9.21 Å². The van der Waals surface area contributed by atoms with E-state index >= 15 is 0 Å². The highest BCUT2D eigenvalue weighted by Crippen LogP contribution is 2.28. The molecule has 0 saturated carbocycles. The summed E-state index contributed by atoms with van der Waals surface area (Å²) in [6.07, 6.45) is 1.57. The second kappa shape index (κ2) is 4.55. The van der Waals surface area contributed by atoms with Gasteiger partial charge in [-0.15, -0.1) is 11.3 Å². The highest BCUT2D eigenvalue weighted by Gasteiger charge is 2.18. The van der Waals surface area contributed by atoms with Crippen LogP contribution in [-0.4, -0.2) is 10.9 Å². The van der Waals surface area contributed by atoms with Crippen LogP contribution in [-0.2, 0) is 0 Å². The second-order valence-corrected chi connectivity index (χ2v) is 4.65. The van der Waals surface area contributed by atoms with Crippen molar-refractivity contribution in [2.45, 2.75) is 0 Å². The quantitative estimate of drug-likeness (QED) is 0.775. The van der Waals surface area contributed by atoms with Crippen molar-refractivity contribution in [1.29, 1.82) is 5.26 Å². The first-order valence-corrected chi connectivity index (χ1v) is 6.30. The number of carbonyl (C=O) groups is 1. The zero-order valence-corrected chi connectivity index (χ0v) is 10.4. The van der Waals surface area contributed by atoms with Crippen LogP contribution in [0.25, 0.3) is 11.1 Å². The third-order valence-electron chi connectivity index (χ3n) is 2.53. The van der Waals surface area contributed by atoms with E-state index in [1.165, 1.54) is 11.3 Å². The number of rotatable bonds is 2. The van der Waals surface area contributed by atoms with E-state index in [0.717, 1.165) is 0 Å². The summed E-state index contributed by atoms with van der Waals surface area (Å²) in [5.41, 5.74) is 1.16. The van der Waals surface area contributed by atoms with Crippen molar-refractivity contribution in [2.75, 3.05) is 5.32 Å². The fourth-order valence-electron chi connectivity index (χ4n) is 1.69. The lowest BCUT2D eigenvalue weighted by atomic mass is 10.2. The molecule has 6 heteroatoms. The van der Waals surface area contributed by atoms with Crippen LogP contribution < -0.4 is 5.32 Å². The van der Waals surface area contributed by atoms with Crippen LogP contribution in [0.1, 0.15) is 15.2 Å². The molecular formula is C13H7N3O2S. The molecule has 0 aliphatic rings. The number of nitrogens with zero attached hydrogens (tertiary/aromatic N) is 2. The van der Waals surface area contributed by atoms with Crippen LogP contribution in [0.15, 0.2) is 40.3 Å². The monoisotopic (exact) mass is 269 g/mol. The molecular weight excluding hydrogens is 262 g/mol. The smallest absolute Gasteiger partial charge is 0.268 e. The Bertz CT molecular complexity index is 784. The SMILES string of the molecule is N#Cc1c(NC(=O)c2cccs2)oc2cccnc12. The fourth-order valence-corrected chi connectivity index (χ4v) is 2.31. The number of hydrogen-bond acceptors (Lipinski definition) is 5. The van der Waals surface area contributed by atoms with E-state index in [2.05, 4.69) is 10.3 Å². The first-order valence-electron chi connectivity index (χ1n) is 5.42. The van der Waals surface area contributed by atoms with Gasteiger partial charge in [-0.1, -0.05) is 6.07 Å². The topological polar surface area (TPSA) is 78.9 Å². The van der Waals surface area contributed by atoms with Crippen molar-refractivity contribution in [1.82, 2.24) is 4.98 Å². The third kappa shape index (κ3) is 1.96. The number of nitrogens with one attached hydrogen (secondary N) is 1. The van der Waals surface area contributed by atoms with Crippen LogP contribution >= 0.6 is 11.3 Å². The Morgan fingerprint density at radius 3 is 3.05 bits per heavy atom. The number of nitriles is 1. The Labute approximate surface area is 112 Å². The van der Waals surface area contributed by atoms with Crippen LogP contribution in [0.4, 0.5) is 5.88 Å². The molecule has 3 rings (SSSR count). The normalized spacial score (nSPS) is 10.3. The second-order valence-electron chi connectivity index (χ2n) is 3.70. The number of hydrogen-bond donors (Lipinski definition) is 1. The van der Waals surface area contributed by atoms with E-state index in [4.69, 9.17) is 9.68 Å². The average Bonchev–Trinajstić information content (AvgIpc) is 3.05. The van der Waals surface area contributed by atoms with Gasteiger partial charge in [0, 0.05) is 6.20 Å². The molecule has 0 spiro atoms. The summed E-state index contributed by atoms with van der Waals surface area (Å²) < 4.78 is 5.45. The average molecular weight is 269 g/mol. The van der Waals surface area contributed by atoms with Crippen LogP contribution in [0, 0.1) is 11.3 Å². The molecule has 3 aromatic heterocycles. The van der Waals surface area contributed by atoms with Gasteiger partial charge in [-0.05, 0) is 23.6 Å². The number of amides is 1. The Hall–Kier alpha value is -2.65. The summed E-state index contributed by atoms with van der Waals surface area (Å²) in [6.45, 7) is 0. The van der Waals surface area contributed by atoms with Crippen molar-refractivity contribution >= 4 is 34.2 Å². The van der Waals surface area contributed by atoms with Gasteiger partial charge in [0.1, 0.15) is 17.1 Å². The molecule has 0 saturated heterocycles. The van der Waals surface area contributed by atoms with Crippen molar-refractivity contribution in [3.63, 3.8) is 0 Å². The molecule has 0 aliphatic heterocycles. The van der Waals surface area contributed by atoms with E-state index in [-0.39, 0.29) is 17.4 Å². The Balaban J connectivity index is 2.02. The van der Waals surface area contributed by atoms with Crippen molar-refractivity contribution in [3.8, 4) is 6.07 Å².